The van der Waals surface area contributed by atoms with Gasteiger partial charge in [-0.05, 0) is 65.8 Å². The van der Waals surface area contributed by atoms with Gasteiger partial charge in [0.15, 0.2) is 0 Å². The monoisotopic (exact) mass is 456 g/mol. The molecular formula is C18H22Br2N2O2. The standard InChI is InChI=1S/C18H22Br2N2O2/c19-14-2-4-16(17(20)12-14)18-5-3-15(24-18)13-21-6-1-7-22-8-10-23-11-9-22/h2-5,12,21H,1,6-11,13H2. The number of rotatable bonds is 7. The van der Waals surface area contributed by atoms with Gasteiger partial charge in [-0.25, -0.2) is 0 Å². The lowest BCUT2D eigenvalue weighted by Crippen LogP contribution is -2.37. The number of benzene rings is 1. The molecule has 1 saturated heterocycles. The molecular weight excluding hydrogens is 436 g/mol. The number of hydrogen-bond acceptors (Lipinski definition) is 4. The fourth-order valence-corrected chi connectivity index (χ4v) is 4.01. The quantitative estimate of drug-likeness (QED) is 0.629. The van der Waals surface area contributed by atoms with E-state index in [1.54, 1.807) is 0 Å². The van der Waals surface area contributed by atoms with Gasteiger partial charge in [0.25, 0.3) is 0 Å². The van der Waals surface area contributed by atoms with Gasteiger partial charge in [0.05, 0.1) is 19.8 Å². The van der Waals surface area contributed by atoms with Crippen molar-refractivity contribution in [1.29, 1.82) is 0 Å². The van der Waals surface area contributed by atoms with Crippen LogP contribution in [0.1, 0.15) is 12.2 Å². The van der Waals surface area contributed by atoms with Crippen molar-refractivity contribution in [1.82, 2.24) is 10.2 Å². The maximum atomic E-state index is 5.95. The van der Waals surface area contributed by atoms with Crippen LogP contribution in [0.15, 0.2) is 43.7 Å². The molecule has 0 bridgehead atoms. The van der Waals surface area contributed by atoms with E-state index < -0.39 is 0 Å². The van der Waals surface area contributed by atoms with Crippen LogP contribution in [0, 0.1) is 0 Å². The van der Waals surface area contributed by atoms with Crippen molar-refractivity contribution in [2.75, 3.05) is 39.4 Å². The summed E-state index contributed by atoms with van der Waals surface area (Å²) in [7, 11) is 0. The molecule has 1 aromatic carbocycles. The Morgan fingerprint density at radius 2 is 1.92 bits per heavy atom. The Morgan fingerprint density at radius 3 is 2.71 bits per heavy atom. The van der Waals surface area contributed by atoms with Crippen LogP contribution in [-0.2, 0) is 11.3 Å². The van der Waals surface area contributed by atoms with Crippen LogP contribution >= 0.6 is 31.9 Å². The first-order valence-electron chi connectivity index (χ1n) is 8.27. The topological polar surface area (TPSA) is 37.6 Å². The summed E-state index contributed by atoms with van der Waals surface area (Å²) in [4.78, 5) is 2.46. The first-order chi connectivity index (χ1) is 11.7. The van der Waals surface area contributed by atoms with Crippen LogP contribution in [0.5, 0.6) is 0 Å². The second-order valence-electron chi connectivity index (χ2n) is 5.87. The summed E-state index contributed by atoms with van der Waals surface area (Å²) < 4.78 is 13.4. The third kappa shape index (κ3) is 5.17. The number of halogens is 2. The minimum absolute atomic E-state index is 0.761. The fraction of sp³-hybridized carbons (Fsp3) is 0.444. The third-order valence-corrected chi connectivity index (χ3v) is 5.24. The molecule has 0 spiro atoms. The van der Waals surface area contributed by atoms with Crippen molar-refractivity contribution in [3.63, 3.8) is 0 Å². The van der Waals surface area contributed by atoms with Crippen molar-refractivity contribution >= 4 is 31.9 Å². The molecule has 1 N–H and O–H groups in total. The molecule has 6 heteroatoms. The minimum Gasteiger partial charge on any atom is -0.460 e. The van der Waals surface area contributed by atoms with Gasteiger partial charge in [-0.2, -0.15) is 0 Å². The van der Waals surface area contributed by atoms with Crippen molar-refractivity contribution < 1.29 is 9.15 Å². The molecule has 2 heterocycles. The van der Waals surface area contributed by atoms with Crippen LogP contribution in [0.2, 0.25) is 0 Å². The smallest absolute Gasteiger partial charge is 0.135 e. The Morgan fingerprint density at radius 1 is 1.08 bits per heavy atom. The molecule has 0 amide bonds. The Labute approximate surface area is 159 Å². The average molecular weight is 458 g/mol. The van der Waals surface area contributed by atoms with E-state index in [0.717, 1.165) is 78.4 Å². The molecule has 1 aliphatic heterocycles. The normalized spacial score (nSPS) is 15.8. The third-order valence-electron chi connectivity index (χ3n) is 4.09. The maximum Gasteiger partial charge on any atom is 0.135 e. The van der Waals surface area contributed by atoms with E-state index in [1.807, 2.05) is 30.3 Å². The van der Waals surface area contributed by atoms with E-state index in [9.17, 15) is 0 Å². The van der Waals surface area contributed by atoms with Crippen molar-refractivity contribution in [2.45, 2.75) is 13.0 Å². The lowest BCUT2D eigenvalue weighted by Gasteiger charge is -2.26. The first-order valence-corrected chi connectivity index (χ1v) is 9.86. The largest absolute Gasteiger partial charge is 0.460 e. The highest BCUT2D eigenvalue weighted by molar-refractivity contribution is 9.11. The SMILES string of the molecule is Brc1ccc(-c2ccc(CNCCCN3CCOCC3)o2)c(Br)c1. The van der Waals surface area contributed by atoms with Gasteiger partial charge in [-0.3, -0.25) is 4.90 Å². The molecule has 1 fully saturated rings. The molecule has 0 unspecified atom stereocenters. The van der Waals surface area contributed by atoms with E-state index >= 15 is 0 Å². The summed E-state index contributed by atoms with van der Waals surface area (Å²) in [5, 5.41) is 3.46. The molecule has 0 saturated carbocycles. The average Bonchev–Trinajstić information content (AvgIpc) is 3.04. The summed E-state index contributed by atoms with van der Waals surface area (Å²) in [5.41, 5.74) is 1.07. The highest BCUT2D eigenvalue weighted by Crippen LogP contribution is 2.31. The van der Waals surface area contributed by atoms with Gasteiger partial charge in [-0.15, -0.1) is 0 Å². The molecule has 1 aromatic heterocycles. The number of morpholine rings is 1. The number of furan rings is 1. The zero-order valence-electron chi connectivity index (χ0n) is 13.6. The Balaban J connectivity index is 1.42. The Kier molecular flexibility index (Phi) is 6.92. The highest BCUT2D eigenvalue weighted by Gasteiger charge is 2.10. The van der Waals surface area contributed by atoms with Crippen molar-refractivity contribution in [2.24, 2.45) is 0 Å². The molecule has 0 atom stereocenters. The summed E-state index contributed by atoms with van der Waals surface area (Å²) in [6.07, 6.45) is 1.14. The van der Waals surface area contributed by atoms with E-state index in [4.69, 9.17) is 9.15 Å². The zero-order valence-corrected chi connectivity index (χ0v) is 16.7. The van der Waals surface area contributed by atoms with Crippen LogP contribution in [0.25, 0.3) is 11.3 Å². The lowest BCUT2D eigenvalue weighted by molar-refractivity contribution is 0.0374. The maximum absolute atomic E-state index is 5.95. The van der Waals surface area contributed by atoms with Crippen LogP contribution in [0.3, 0.4) is 0 Å². The van der Waals surface area contributed by atoms with Crippen molar-refractivity contribution in [3.8, 4) is 11.3 Å². The lowest BCUT2D eigenvalue weighted by atomic mass is 10.2. The molecule has 0 aliphatic carbocycles. The molecule has 2 aromatic rings. The van der Waals surface area contributed by atoms with Gasteiger partial charge in [-0.1, -0.05) is 15.9 Å². The number of nitrogens with zero attached hydrogens (tertiary/aromatic N) is 1. The first kappa shape index (κ1) is 18.1. The van der Waals surface area contributed by atoms with Crippen LogP contribution < -0.4 is 5.32 Å². The summed E-state index contributed by atoms with van der Waals surface area (Å²) in [6.45, 7) is 6.74. The molecule has 1 aliphatic rings. The molecule has 3 rings (SSSR count). The van der Waals surface area contributed by atoms with E-state index in [2.05, 4.69) is 42.1 Å². The summed E-state index contributed by atoms with van der Waals surface area (Å²) >= 11 is 7.06. The van der Waals surface area contributed by atoms with Gasteiger partial charge >= 0.3 is 0 Å². The summed E-state index contributed by atoms with van der Waals surface area (Å²) in [5.74, 6) is 1.85. The number of nitrogens with one attached hydrogen (secondary N) is 1. The highest BCUT2D eigenvalue weighted by atomic mass is 79.9. The molecule has 0 radical (unpaired) electrons. The zero-order chi connectivity index (χ0) is 16.8. The van der Waals surface area contributed by atoms with E-state index in [1.165, 1.54) is 0 Å². The fourth-order valence-electron chi connectivity index (χ4n) is 2.77. The van der Waals surface area contributed by atoms with Gasteiger partial charge in [0.1, 0.15) is 11.5 Å². The van der Waals surface area contributed by atoms with E-state index in [0.29, 0.717) is 0 Å². The second kappa shape index (κ2) is 9.15. The number of hydrogen-bond donors (Lipinski definition) is 1. The Hall–Kier alpha value is -0.660. The summed E-state index contributed by atoms with van der Waals surface area (Å²) in [6, 6.07) is 10.2. The van der Waals surface area contributed by atoms with Crippen LogP contribution in [0.4, 0.5) is 0 Å². The predicted octanol–water partition coefficient (Wildman–Crippen LogP) is 4.28. The van der Waals surface area contributed by atoms with Crippen LogP contribution in [-0.4, -0.2) is 44.3 Å². The Bertz CT molecular complexity index is 654. The molecule has 130 valence electrons. The van der Waals surface area contributed by atoms with Gasteiger partial charge in [0.2, 0.25) is 0 Å². The number of ether oxygens (including phenoxy) is 1. The second-order valence-corrected chi connectivity index (χ2v) is 7.64. The van der Waals surface area contributed by atoms with Gasteiger partial charge < -0.3 is 14.5 Å². The van der Waals surface area contributed by atoms with E-state index in [-0.39, 0.29) is 0 Å². The van der Waals surface area contributed by atoms with Gasteiger partial charge in [0, 0.05) is 27.6 Å². The predicted molar refractivity (Wildman–Crippen MR) is 103 cm³/mol. The molecule has 24 heavy (non-hydrogen) atoms. The molecule has 4 nitrogen and oxygen atoms in total. The van der Waals surface area contributed by atoms with Crippen molar-refractivity contribution in [3.05, 3.63) is 45.0 Å². The minimum atomic E-state index is 0.761.